The summed E-state index contributed by atoms with van der Waals surface area (Å²) in [7, 11) is 1.59. The van der Waals surface area contributed by atoms with E-state index >= 15 is 0 Å². The summed E-state index contributed by atoms with van der Waals surface area (Å²) in [4.78, 5) is 11.9. The molecule has 0 saturated carbocycles. The Morgan fingerprint density at radius 3 is 2.26 bits per heavy atom. The molecule has 0 bridgehead atoms. The van der Waals surface area contributed by atoms with Crippen LogP contribution in [0.25, 0.3) is 0 Å². The molecule has 2 N–H and O–H groups in total. The maximum atomic E-state index is 11.9. The molecule has 0 aromatic heterocycles. The van der Waals surface area contributed by atoms with E-state index in [0.717, 1.165) is 15.9 Å². The lowest BCUT2D eigenvalue weighted by Crippen LogP contribution is -2.29. The number of carbonyl (C=O) groups excluding carboxylic acids is 1. The minimum atomic E-state index is -0.203. The molecule has 0 radical (unpaired) electrons. The zero-order valence-corrected chi connectivity index (χ0v) is 11.9. The molecule has 1 amide bonds. The summed E-state index contributed by atoms with van der Waals surface area (Å²) in [5.74, 6) is 0.517. The molecule has 0 saturated heterocycles. The van der Waals surface area contributed by atoms with Gasteiger partial charge in [-0.15, -0.1) is 0 Å². The molecule has 98 valence electrons. The third kappa shape index (κ3) is 3.72. The second-order valence-corrected chi connectivity index (χ2v) is 4.73. The van der Waals surface area contributed by atoms with Crippen molar-refractivity contribution in [2.75, 3.05) is 12.5 Å². The van der Waals surface area contributed by atoms with Gasteiger partial charge >= 0.3 is 0 Å². The molecule has 2 rings (SSSR count). The number of halogens is 1. The van der Waals surface area contributed by atoms with Crippen molar-refractivity contribution >= 4 is 27.5 Å². The number of methoxy groups -OCH3 is 1. The second kappa shape index (κ2) is 6.24. The molecule has 0 aliphatic carbocycles. The number of benzene rings is 2. The SMILES string of the molecule is COc1ccc(C(=O)NNc2ccc(Br)cc2)cc1. The van der Waals surface area contributed by atoms with E-state index in [2.05, 4.69) is 26.8 Å². The van der Waals surface area contributed by atoms with E-state index < -0.39 is 0 Å². The topological polar surface area (TPSA) is 50.4 Å². The molecule has 0 aliphatic rings. The summed E-state index contributed by atoms with van der Waals surface area (Å²) < 4.78 is 6.02. The van der Waals surface area contributed by atoms with Crippen LogP contribution in [0.5, 0.6) is 5.75 Å². The normalized spacial score (nSPS) is 9.79. The van der Waals surface area contributed by atoms with Crippen molar-refractivity contribution in [1.29, 1.82) is 0 Å². The Kier molecular flexibility index (Phi) is 4.41. The van der Waals surface area contributed by atoms with Gasteiger partial charge in [-0.3, -0.25) is 15.6 Å². The van der Waals surface area contributed by atoms with Gasteiger partial charge in [0.2, 0.25) is 0 Å². The highest BCUT2D eigenvalue weighted by Gasteiger charge is 2.04. The van der Waals surface area contributed by atoms with Gasteiger partial charge in [-0.25, -0.2) is 0 Å². The van der Waals surface area contributed by atoms with Crippen LogP contribution in [-0.4, -0.2) is 13.0 Å². The molecule has 0 fully saturated rings. The number of carbonyl (C=O) groups is 1. The van der Waals surface area contributed by atoms with Gasteiger partial charge in [0.25, 0.3) is 5.91 Å². The monoisotopic (exact) mass is 320 g/mol. The molecule has 5 heteroatoms. The minimum absolute atomic E-state index is 0.203. The number of hydrazine groups is 1. The molecule has 2 aromatic carbocycles. The zero-order valence-electron chi connectivity index (χ0n) is 10.3. The molecule has 0 spiro atoms. The predicted octanol–water partition coefficient (Wildman–Crippen LogP) is 3.21. The standard InChI is InChI=1S/C14H13BrN2O2/c1-19-13-8-2-10(3-9-13)14(18)17-16-12-6-4-11(15)5-7-12/h2-9,16H,1H3,(H,17,18). The largest absolute Gasteiger partial charge is 0.497 e. The fourth-order valence-electron chi connectivity index (χ4n) is 1.48. The number of rotatable bonds is 4. The first-order valence-electron chi connectivity index (χ1n) is 5.65. The summed E-state index contributed by atoms with van der Waals surface area (Å²) in [6, 6.07) is 14.4. The maximum Gasteiger partial charge on any atom is 0.269 e. The number of nitrogens with one attached hydrogen (secondary N) is 2. The summed E-state index contributed by atoms with van der Waals surface area (Å²) in [6.45, 7) is 0. The summed E-state index contributed by atoms with van der Waals surface area (Å²) in [5.41, 5.74) is 6.85. The van der Waals surface area contributed by atoms with Crippen LogP contribution in [0.4, 0.5) is 5.69 Å². The van der Waals surface area contributed by atoms with E-state index in [1.54, 1.807) is 31.4 Å². The highest BCUT2D eigenvalue weighted by atomic mass is 79.9. The van der Waals surface area contributed by atoms with Gasteiger partial charge in [-0.05, 0) is 48.5 Å². The van der Waals surface area contributed by atoms with Gasteiger partial charge in [0.15, 0.2) is 0 Å². The van der Waals surface area contributed by atoms with Crippen molar-refractivity contribution < 1.29 is 9.53 Å². The lowest BCUT2D eigenvalue weighted by molar-refractivity contribution is 0.0962. The van der Waals surface area contributed by atoms with Gasteiger partial charge in [0.1, 0.15) is 5.75 Å². The average molecular weight is 321 g/mol. The lowest BCUT2D eigenvalue weighted by atomic mass is 10.2. The smallest absolute Gasteiger partial charge is 0.269 e. The van der Waals surface area contributed by atoms with Crippen LogP contribution in [0, 0.1) is 0 Å². The van der Waals surface area contributed by atoms with Gasteiger partial charge < -0.3 is 4.74 Å². The molecular weight excluding hydrogens is 308 g/mol. The molecular formula is C14H13BrN2O2. The first-order chi connectivity index (χ1) is 9.19. The van der Waals surface area contributed by atoms with Crippen LogP contribution in [0.2, 0.25) is 0 Å². The van der Waals surface area contributed by atoms with Crippen LogP contribution in [0.3, 0.4) is 0 Å². The molecule has 0 unspecified atom stereocenters. The van der Waals surface area contributed by atoms with Gasteiger partial charge in [0.05, 0.1) is 12.8 Å². The average Bonchev–Trinajstić information content (AvgIpc) is 2.46. The minimum Gasteiger partial charge on any atom is -0.497 e. The Bertz CT molecular complexity index is 553. The summed E-state index contributed by atoms with van der Waals surface area (Å²) in [5, 5.41) is 0. The fourth-order valence-corrected chi connectivity index (χ4v) is 1.74. The molecule has 19 heavy (non-hydrogen) atoms. The van der Waals surface area contributed by atoms with Crippen LogP contribution in [-0.2, 0) is 0 Å². The third-order valence-corrected chi connectivity index (χ3v) is 3.05. The molecule has 0 heterocycles. The number of hydrogen-bond donors (Lipinski definition) is 2. The Labute approximate surface area is 119 Å². The van der Waals surface area contributed by atoms with Crippen molar-refractivity contribution in [3.63, 3.8) is 0 Å². The van der Waals surface area contributed by atoms with Gasteiger partial charge in [-0.1, -0.05) is 15.9 Å². The highest BCUT2D eigenvalue weighted by molar-refractivity contribution is 9.10. The van der Waals surface area contributed by atoms with Crippen molar-refractivity contribution in [2.24, 2.45) is 0 Å². The first-order valence-corrected chi connectivity index (χ1v) is 6.44. The molecule has 0 atom stereocenters. The van der Waals surface area contributed by atoms with Crippen molar-refractivity contribution in [2.45, 2.75) is 0 Å². The van der Waals surface area contributed by atoms with Crippen LogP contribution < -0.4 is 15.6 Å². The zero-order chi connectivity index (χ0) is 13.7. The Morgan fingerprint density at radius 2 is 1.68 bits per heavy atom. The van der Waals surface area contributed by atoms with E-state index in [4.69, 9.17) is 4.74 Å². The quantitative estimate of drug-likeness (QED) is 0.850. The van der Waals surface area contributed by atoms with Gasteiger partial charge in [0, 0.05) is 10.0 Å². The van der Waals surface area contributed by atoms with E-state index in [1.165, 1.54) is 0 Å². The lowest BCUT2D eigenvalue weighted by Gasteiger charge is -2.09. The van der Waals surface area contributed by atoms with E-state index in [9.17, 15) is 4.79 Å². The van der Waals surface area contributed by atoms with E-state index in [1.807, 2.05) is 24.3 Å². The molecule has 0 aliphatic heterocycles. The highest BCUT2D eigenvalue weighted by Crippen LogP contribution is 2.14. The van der Waals surface area contributed by atoms with Gasteiger partial charge in [-0.2, -0.15) is 0 Å². The number of anilines is 1. The predicted molar refractivity (Wildman–Crippen MR) is 78.2 cm³/mol. The third-order valence-electron chi connectivity index (χ3n) is 2.52. The number of ether oxygens (including phenoxy) is 1. The van der Waals surface area contributed by atoms with Crippen molar-refractivity contribution in [3.05, 3.63) is 58.6 Å². The number of hydrogen-bond acceptors (Lipinski definition) is 3. The van der Waals surface area contributed by atoms with Crippen LogP contribution in [0.15, 0.2) is 53.0 Å². The van der Waals surface area contributed by atoms with Crippen molar-refractivity contribution in [1.82, 2.24) is 5.43 Å². The Hall–Kier alpha value is -2.01. The first kappa shape index (κ1) is 13.4. The number of amides is 1. The second-order valence-electron chi connectivity index (χ2n) is 3.81. The molecule has 2 aromatic rings. The Balaban J connectivity index is 1.95. The summed E-state index contributed by atoms with van der Waals surface area (Å²) >= 11 is 3.35. The van der Waals surface area contributed by atoms with E-state index in [0.29, 0.717) is 5.56 Å². The Morgan fingerprint density at radius 1 is 1.05 bits per heavy atom. The van der Waals surface area contributed by atoms with Crippen LogP contribution in [0.1, 0.15) is 10.4 Å². The van der Waals surface area contributed by atoms with Crippen LogP contribution >= 0.6 is 15.9 Å². The van der Waals surface area contributed by atoms with Crippen molar-refractivity contribution in [3.8, 4) is 5.75 Å². The maximum absolute atomic E-state index is 11.9. The molecule has 4 nitrogen and oxygen atoms in total. The summed E-state index contributed by atoms with van der Waals surface area (Å²) in [6.07, 6.45) is 0. The fraction of sp³-hybridized carbons (Fsp3) is 0.0714. The van der Waals surface area contributed by atoms with E-state index in [-0.39, 0.29) is 5.91 Å².